The van der Waals surface area contributed by atoms with Gasteiger partial charge in [0.15, 0.2) is 0 Å². The predicted molar refractivity (Wildman–Crippen MR) is 192 cm³/mol. The van der Waals surface area contributed by atoms with Crippen LogP contribution >= 0.6 is 0 Å². The molecule has 0 bridgehead atoms. The third-order valence-corrected chi connectivity index (χ3v) is 9.00. The minimum absolute atomic E-state index is 0. The van der Waals surface area contributed by atoms with Crippen molar-refractivity contribution >= 4 is 21.8 Å². The van der Waals surface area contributed by atoms with Crippen LogP contribution in [0.15, 0.2) is 97.2 Å². The van der Waals surface area contributed by atoms with Crippen molar-refractivity contribution in [1.82, 2.24) is 19.3 Å². The molecule has 0 saturated carbocycles. The summed E-state index contributed by atoms with van der Waals surface area (Å²) in [5, 5.41) is 7.22. The third kappa shape index (κ3) is 6.49. The molecular formula is C42H40N4OPt. The molecule has 6 heteroatoms. The van der Waals surface area contributed by atoms with Crippen molar-refractivity contribution in [2.75, 3.05) is 0 Å². The van der Waals surface area contributed by atoms with Crippen LogP contribution in [-0.4, -0.2) is 19.3 Å². The molecule has 0 spiro atoms. The van der Waals surface area contributed by atoms with E-state index in [-0.39, 0.29) is 21.1 Å². The minimum Gasteiger partial charge on any atom is -0.509 e. The molecule has 7 rings (SSSR count). The third-order valence-electron chi connectivity index (χ3n) is 9.00. The summed E-state index contributed by atoms with van der Waals surface area (Å²) in [5.41, 5.74) is 9.83. The zero-order valence-electron chi connectivity index (χ0n) is 28.2. The molecule has 5 nitrogen and oxygen atoms in total. The van der Waals surface area contributed by atoms with Gasteiger partial charge in [-0.25, -0.2) is 4.98 Å². The summed E-state index contributed by atoms with van der Waals surface area (Å²) in [5.74, 6) is 2.51. The Kier molecular flexibility index (Phi) is 9.98. The standard InChI is InChI=1S/C42H40N4O.Pt/c1-6-7-9-13-31-18-21-39-38(24-31)37-20-19-36(27-40(37)45(39)41-25-33(28(2)3)22-23-43-41)47-35-17-12-16-34(26-35)46-30(5)42(29(4)44-46)32-14-10-8-11-15-32;/h8,10-12,14-25,28H,6-7,9,13H2,1-5H3;/q-2;+2. The Morgan fingerprint density at radius 3 is 2.42 bits per heavy atom. The van der Waals surface area contributed by atoms with Gasteiger partial charge >= 0.3 is 21.1 Å². The molecule has 0 atom stereocenters. The Balaban J connectivity index is 0.00000401. The molecule has 3 aromatic heterocycles. The van der Waals surface area contributed by atoms with Gasteiger partial charge in [-0.3, -0.25) is 4.68 Å². The van der Waals surface area contributed by atoms with Crippen LogP contribution in [0.3, 0.4) is 0 Å². The van der Waals surface area contributed by atoms with Gasteiger partial charge in [-0.05, 0) is 78.6 Å². The number of unbranched alkanes of at least 4 members (excludes halogenated alkanes) is 2. The number of aryl methyl sites for hydroxylation is 2. The second kappa shape index (κ2) is 14.3. The summed E-state index contributed by atoms with van der Waals surface area (Å²) in [6.07, 6.45) is 6.64. The Hall–Kier alpha value is -4.47. The Morgan fingerprint density at radius 2 is 1.62 bits per heavy atom. The van der Waals surface area contributed by atoms with Gasteiger partial charge in [-0.1, -0.05) is 81.6 Å². The van der Waals surface area contributed by atoms with E-state index in [9.17, 15) is 0 Å². The first kappa shape index (κ1) is 33.4. The first-order valence-electron chi connectivity index (χ1n) is 16.7. The SMILES string of the molecule is CCCCCc1ccc2c(c1)c1ccc(Oc3[c-]c(-n4nc(C)c(-c5ccccc5)c4C)ccc3)[c-]c1n2-c1cc(C(C)C)ccn1.[Pt+2]. The second-order valence-corrected chi connectivity index (χ2v) is 12.7. The number of hydrogen-bond acceptors (Lipinski definition) is 3. The Morgan fingerprint density at radius 1 is 0.812 bits per heavy atom. The van der Waals surface area contributed by atoms with Gasteiger partial charge < -0.3 is 9.30 Å². The van der Waals surface area contributed by atoms with Gasteiger partial charge in [0.05, 0.1) is 5.69 Å². The van der Waals surface area contributed by atoms with Crippen LogP contribution in [-0.2, 0) is 27.5 Å². The number of fused-ring (bicyclic) bond motifs is 3. The van der Waals surface area contributed by atoms with E-state index < -0.39 is 0 Å². The molecular weight excluding hydrogens is 772 g/mol. The first-order valence-corrected chi connectivity index (χ1v) is 16.7. The van der Waals surface area contributed by atoms with Gasteiger partial charge in [-0.15, -0.1) is 35.7 Å². The van der Waals surface area contributed by atoms with Crippen LogP contribution in [0.2, 0.25) is 0 Å². The molecule has 0 amide bonds. The van der Waals surface area contributed by atoms with Crippen LogP contribution in [0.1, 0.15) is 68.5 Å². The molecule has 4 aromatic carbocycles. The minimum atomic E-state index is 0. The normalized spacial score (nSPS) is 11.4. The van der Waals surface area contributed by atoms with E-state index in [1.807, 2.05) is 41.2 Å². The van der Waals surface area contributed by atoms with Crippen molar-refractivity contribution in [2.45, 2.75) is 66.2 Å². The maximum absolute atomic E-state index is 6.46. The monoisotopic (exact) mass is 811 g/mol. The Labute approximate surface area is 297 Å². The summed E-state index contributed by atoms with van der Waals surface area (Å²) in [4.78, 5) is 4.83. The molecule has 0 aliphatic rings. The van der Waals surface area contributed by atoms with Crippen LogP contribution in [0.25, 0.3) is 44.4 Å². The zero-order valence-corrected chi connectivity index (χ0v) is 30.4. The zero-order chi connectivity index (χ0) is 32.5. The quantitative estimate of drug-likeness (QED) is 0.102. The van der Waals surface area contributed by atoms with Crippen molar-refractivity contribution in [2.24, 2.45) is 0 Å². The smallest absolute Gasteiger partial charge is 0.509 e. The number of hydrogen-bond donors (Lipinski definition) is 0. The van der Waals surface area contributed by atoms with Gasteiger partial charge in [0.2, 0.25) is 0 Å². The number of nitrogens with zero attached hydrogens (tertiary/aromatic N) is 4. The van der Waals surface area contributed by atoms with Crippen molar-refractivity contribution in [3.63, 3.8) is 0 Å². The summed E-state index contributed by atoms with van der Waals surface area (Å²) >= 11 is 0. The maximum atomic E-state index is 6.46. The van der Waals surface area contributed by atoms with Crippen molar-refractivity contribution in [3.05, 3.63) is 132 Å². The molecule has 0 aliphatic heterocycles. The molecule has 48 heavy (non-hydrogen) atoms. The van der Waals surface area contributed by atoms with Gasteiger partial charge in [0.1, 0.15) is 5.82 Å². The fourth-order valence-electron chi connectivity index (χ4n) is 6.56. The molecule has 0 aliphatic carbocycles. The molecule has 0 radical (unpaired) electrons. The van der Waals surface area contributed by atoms with Gasteiger partial charge in [0, 0.05) is 34.5 Å². The van der Waals surface area contributed by atoms with Crippen molar-refractivity contribution in [1.29, 1.82) is 0 Å². The molecule has 7 aromatic rings. The van der Waals surface area contributed by atoms with Crippen LogP contribution < -0.4 is 4.74 Å². The molecule has 3 heterocycles. The number of rotatable bonds is 10. The summed E-state index contributed by atoms with van der Waals surface area (Å²) < 4.78 is 10.6. The molecule has 0 fully saturated rings. The van der Waals surface area contributed by atoms with Crippen LogP contribution in [0, 0.1) is 26.0 Å². The van der Waals surface area contributed by atoms with E-state index in [4.69, 9.17) is 14.8 Å². The molecule has 0 unspecified atom stereocenters. The average Bonchev–Trinajstić information content (AvgIpc) is 3.57. The van der Waals surface area contributed by atoms with E-state index in [0.29, 0.717) is 17.4 Å². The average molecular weight is 812 g/mol. The van der Waals surface area contributed by atoms with E-state index in [1.165, 1.54) is 35.8 Å². The summed E-state index contributed by atoms with van der Waals surface area (Å²) in [6, 6.07) is 38.7. The molecule has 0 N–H and O–H groups in total. The van der Waals surface area contributed by atoms with Gasteiger partial charge in [-0.2, -0.15) is 17.2 Å². The number of benzene rings is 4. The van der Waals surface area contributed by atoms with E-state index in [2.05, 4.69) is 112 Å². The molecule has 0 saturated heterocycles. The van der Waals surface area contributed by atoms with E-state index in [0.717, 1.165) is 56.9 Å². The maximum Gasteiger partial charge on any atom is 2.00 e. The fourth-order valence-corrected chi connectivity index (χ4v) is 6.56. The van der Waals surface area contributed by atoms with Crippen LogP contribution in [0.4, 0.5) is 0 Å². The summed E-state index contributed by atoms with van der Waals surface area (Å²) in [7, 11) is 0. The van der Waals surface area contributed by atoms with Crippen molar-refractivity contribution < 1.29 is 25.8 Å². The topological polar surface area (TPSA) is 44.9 Å². The Bertz CT molecular complexity index is 2200. The number of pyridine rings is 1. The number of aromatic nitrogens is 4. The van der Waals surface area contributed by atoms with E-state index >= 15 is 0 Å². The largest absolute Gasteiger partial charge is 2.00 e. The summed E-state index contributed by atoms with van der Waals surface area (Å²) in [6.45, 7) is 10.8. The molecule has 244 valence electrons. The fraction of sp³-hybridized carbons (Fsp3) is 0.238. The van der Waals surface area contributed by atoms with Crippen LogP contribution in [0.5, 0.6) is 11.5 Å². The van der Waals surface area contributed by atoms with Gasteiger partial charge in [0.25, 0.3) is 0 Å². The second-order valence-electron chi connectivity index (χ2n) is 12.7. The van der Waals surface area contributed by atoms with E-state index in [1.54, 1.807) is 0 Å². The number of ether oxygens (including phenoxy) is 1. The predicted octanol–water partition coefficient (Wildman–Crippen LogP) is 10.9. The van der Waals surface area contributed by atoms with Crippen molar-refractivity contribution in [3.8, 4) is 34.1 Å². The first-order chi connectivity index (χ1) is 22.9.